The van der Waals surface area contributed by atoms with Gasteiger partial charge in [-0.1, -0.05) is 13.0 Å². The van der Waals surface area contributed by atoms with Crippen molar-refractivity contribution >= 4 is 16.9 Å². The predicted molar refractivity (Wildman–Crippen MR) is 97.6 cm³/mol. The van der Waals surface area contributed by atoms with Gasteiger partial charge in [0.05, 0.1) is 26.3 Å². The number of benzene rings is 2. The maximum absolute atomic E-state index is 11.5. The molecule has 0 amide bonds. The van der Waals surface area contributed by atoms with Gasteiger partial charge in [-0.2, -0.15) is 0 Å². The number of fused-ring (bicyclic) bond motifs is 1. The van der Waals surface area contributed by atoms with E-state index in [4.69, 9.17) is 9.47 Å². The summed E-state index contributed by atoms with van der Waals surface area (Å²) in [5.41, 5.74) is 4.37. The Balaban J connectivity index is 2.30. The van der Waals surface area contributed by atoms with Crippen molar-refractivity contribution in [2.75, 3.05) is 14.2 Å². The molecule has 2 aromatic carbocycles. The van der Waals surface area contributed by atoms with Crippen LogP contribution in [0, 0.1) is 0 Å². The van der Waals surface area contributed by atoms with E-state index in [2.05, 4.69) is 24.0 Å². The van der Waals surface area contributed by atoms with Gasteiger partial charge in [-0.05, 0) is 47.9 Å². The quantitative estimate of drug-likeness (QED) is 0.711. The zero-order valence-corrected chi connectivity index (χ0v) is 14.6. The van der Waals surface area contributed by atoms with Gasteiger partial charge in [0.2, 0.25) is 0 Å². The molecule has 5 nitrogen and oxygen atoms in total. The van der Waals surface area contributed by atoms with Crippen LogP contribution >= 0.6 is 0 Å². The number of carboxylic acid groups (broad SMARTS) is 1. The normalized spacial score (nSPS) is 10.8. The molecule has 5 heteroatoms. The Morgan fingerprint density at radius 3 is 2.56 bits per heavy atom. The number of rotatable bonds is 6. The van der Waals surface area contributed by atoms with Crippen LogP contribution in [0.3, 0.4) is 0 Å². The Hall–Kier alpha value is -2.95. The van der Waals surface area contributed by atoms with Gasteiger partial charge in [-0.15, -0.1) is 0 Å². The number of methoxy groups -OCH3 is 2. The number of carbonyl (C=O) groups is 1. The highest BCUT2D eigenvalue weighted by Gasteiger charge is 2.19. The van der Waals surface area contributed by atoms with Gasteiger partial charge in [-0.25, -0.2) is 0 Å². The first-order valence-corrected chi connectivity index (χ1v) is 8.15. The van der Waals surface area contributed by atoms with Crippen molar-refractivity contribution in [1.29, 1.82) is 0 Å². The summed E-state index contributed by atoms with van der Waals surface area (Å²) < 4.78 is 10.8. The van der Waals surface area contributed by atoms with E-state index >= 15 is 0 Å². The highest BCUT2D eigenvalue weighted by molar-refractivity contribution is 5.95. The SMILES string of the molecule is CCc1ccc2[nH]c(-c3cc(OC)ccc3OC)c(CC(=O)O)c2c1. The molecule has 130 valence electrons. The number of aromatic amines is 1. The Bertz CT molecular complexity index is 927. The molecule has 3 rings (SSSR count). The first-order valence-electron chi connectivity index (χ1n) is 8.15. The lowest BCUT2D eigenvalue weighted by atomic mass is 10.00. The molecular formula is C20H21NO4. The van der Waals surface area contributed by atoms with E-state index in [1.807, 2.05) is 24.3 Å². The second-order valence-corrected chi connectivity index (χ2v) is 5.85. The average molecular weight is 339 g/mol. The monoisotopic (exact) mass is 339 g/mol. The summed E-state index contributed by atoms with van der Waals surface area (Å²) in [6.07, 6.45) is 0.828. The van der Waals surface area contributed by atoms with E-state index in [0.29, 0.717) is 11.5 Å². The molecule has 0 spiro atoms. The molecule has 25 heavy (non-hydrogen) atoms. The van der Waals surface area contributed by atoms with Gasteiger partial charge >= 0.3 is 5.97 Å². The van der Waals surface area contributed by atoms with Crippen LogP contribution in [0.25, 0.3) is 22.2 Å². The van der Waals surface area contributed by atoms with E-state index in [1.165, 1.54) is 5.56 Å². The van der Waals surface area contributed by atoms with Crippen molar-refractivity contribution in [3.05, 3.63) is 47.5 Å². The fraction of sp³-hybridized carbons (Fsp3) is 0.250. The van der Waals surface area contributed by atoms with Crippen molar-refractivity contribution in [1.82, 2.24) is 4.98 Å². The number of ether oxygens (including phenoxy) is 2. The highest BCUT2D eigenvalue weighted by atomic mass is 16.5. The van der Waals surface area contributed by atoms with Crippen LogP contribution in [0.5, 0.6) is 11.5 Å². The molecule has 0 bridgehead atoms. The third-order valence-electron chi connectivity index (χ3n) is 4.38. The van der Waals surface area contributed by atoms with Gasteiger partial charge < -0.3 is 19.6 Å². The van der Waals surface area contributed by atoms with Crippen LogP contribution in [-0.4, -0.2) is 30.3 Å². The van der Waals surface area contributed by atoms with Crippen molar-refractivity contribution in [2.24, 2.45) is 0 Å². The standard InChI is InChI=1S/C20H21NO4/c1-4-12-5-7-17-14(9-12)15(11-19(22)23)20(21-17)16-10-13(24-2)6-8-18(16)25-3/h5-10,21H,4,11H2,1-3H3,(H,22,23). The first-order chi connectivity index (χ1) is 12.1. The van der Waals surface area contributed by atoms with Gasteiger partial charge in [0.15, 0.2) is 0 Å². The number of H-pyrrole nitrogens is 1. The zero-order chi connectivity index (χ0) is 18.0. The van der Waals surface area contributed by atoms with Crippen molar-refractivity contribution in [3.8, 4) is 22.8 Å². The molecule has 0 radical (unpaired) electrons. The summed E-state index contributed by atoms with van der Waals surface area (Å²) in [5, 5.41) is 10.3. The maximum atomic E-state index is 11.5. The maximum Gasteiger partial charge on any atom is 0.307 e. The third kappa shape index (κ3) is 3.18. The van der Waals surface area contributed by atoms with E-state index in [-0.39, 0.29) is 6.42 Å². The second kappa shape index (κ2) is 6.89. The molecule has 0 unspecified atom stereocenters. The van der Waals surface area contributed by atoms with Crippen molar-refractivity contribution < 1.29 is 19.4 Å². The molecule has 1 heterocycles. The lowest BCUT2D eigenvalue weighted by Gasteiger charge is -2.11. The Kier molecular flexibility index (Phi) is 4.65. The lowest BCUT2D eigenvalue weighted by Crippen LogP contribution is -2.01. The zero-order valence-electron chi connectivity index (χ0n) is 14.6. The molecule has 0 saturated carbocycles. The minimum atomic E-state index is -0.870. The summed E-state index contributed by atoms with van der Waals surface area (Å²) in [6, 6.07) is 11.6. The Morgan fingerprint density at radius 2 is 1.92 bits per heavy atom. The number of aromatic nitrogens is 1. The summed E-state index contributed by atoms with van der Waals surface area (Å²) in [7, 11) is 3.20. The number of hydrogen-bond donors (Lipinski definition) is 2. The number of hydrogen-bond acceptors (Lipinski definition) is 3. The molecule has 0 aliphatic heterocycles. The smallest absolute Gasteiger partial charge is 0.307 e. The third-order valence-corrected chi connectivity index (χ3v) is 4.38. The van der Waals surface area contributed by atoms with Crippen LogP contribution in [-0.2, 0) is 17.6 Å². The highest BCUT2D eigenvalue weighted by Crippen LogP contribution is 2.38. The number of aryl methyl sites for hydroxylation is 1. The topological polar surface area (TPSA) is 71.5 Å². The molecule has 0 aliphatic carbocycles. The van der Waals surface area contributed by atoms with Crippen LogP contribution in [0.4, 0.5) is 0 Å². The number of aliphatic carboxylic acids is 1. The Morgan fingerprint density at radius 1 is 1.12 bits per heavy atom. The number of nitrogens with one attached hydrogen (secondary N) is 1. The summed E-state index contributed by atoms with van der Waals surface area (Å²) in [6.45, 7) is 2.08. The second-order valence-electron chi connectivity index (χ2n) is 5.85. The van der Waals surface area contributed by atoms with Crippen LogP contribution in [0.1, 0.15) is 18.1 Å². The van der Waals surface area contributed by atoms with Gasteiger partial charge in [0.25, 0.3) is 0 Å². The number of carboxylic acids is 1. The van der Waals surface area contributed by atoms with E-state index < -0.39 is 5.97 Å². The largest absolute Gasteiger partial charge is 0.497 e. The minimum absolute atomic E-state index is 0.0666. The van der Waals surface area contributed by atoms with Gasteiger partial charge in [-0.3, -0.25) is 4.79 Å². The molecule has 2 N–H and O–H groups in total. The lowest BCUT2D eigenvalue weighted by molar-refractivity contribution is -0.136. The molecule has 0 saturated heterocycles. The molecule has 0 aliphatic rings. The summed E-state index contributed by atoms with van der Waals surface area (Å²) in [5.74, 6) is 0.477. The van der Waals surface area contributed by atoms with Crippen molar-refractivity contribution in [3.63, 3.8) is 0 Å². The van der Waals surface area contributed by atoms with E-state index in [0.717, 1.165) is 34.1 Å². The van der Waals surface area contributed by atoms with Crippen LogP contribution < -0.4 is 9.47 Å². The minimum Gasteiger partial charge on any atom is -0.497 e. The molecule has 0 atom stereocenters. The Labute approximate surface area is 146 Å². The summed E-state index contributed by atoms with van der Waals surface area (Å²) >= 11 is 0. The van der Waals surface area contributed by atoms with E-state index in [1.54, 1.807) is 14.2 Å². The van der Waals surface area contributed by atoms with Crippen LogP contribution in [0.15, 0.2) is 36.4 Å². The fourth-order valence-electron chi connectivity index (χ4n) is 3.09. The molecular weight excluding hydrogens is 318 g/mol. The van der Waals surface area contributed by atoms with Gasteiger partial charge in [0.1, 0.15) is 11.5 Å². The van der Waals surface area contributed by atoms with Crippen molar-refractivity contribution in [2.45, 2.75) is 19.8 Å². The molecule has 3 aromatic rings. The average Bonchev–Trinajstić information content (AvgIpc) is 2.98. The predicted octanol–water partition coefficient (Wildman–Crippen LogP) is 4.04. The van der Waals surface area contributed by atoms with E-state index in [9.17, 15) is 9.90 Å². The summed E-state index contributed by atoms with van der Waals surface area (Å²) in [4.78, 5) is 14.8. The molecule has 0 fully saturated rings. The first kappa shape index (κ1) is 16.9. The van der Waals surface area contributed by atoms with Crippen LogP contribution in [0.2, 0.25) is 0 Å². The fourth-order valence-corrected chi connectivity index (χ4v) is 3.09. The van der Waals surface area contributed by atoms with Gasteiger partial charge in [0, 0.05) is 16.5 Å². The molecule has 1 aromatic heterocycles.